The average Bonchev–Trinajstić information content (AvgIpc) is 2.47. The highest BCUT2D eigenvalue weighted by molar-refractivity contribution is 5.94. The molecular formula is C17H19NO2. The van der Waals surface area contributed by atoms with E-state index in [4.69, 9.17) is 4.74 Å². The molecule has 1 amide bonds. The third-order valence-electron chi connectivity index (χ3n) is 3.00. The Kier molecular flexibility index (Phi) is 4.77. The van der Waals surface area contributed by atoms with Crippen LogP contribution in [0.3, 0.4) is 0 Å². The van der Waals surface area contributed by atoms with E-state index in [1.54, 1.807) is 0 Å². The zero-order valence-corrected chi connectivity index (χ0v) is 11.8. The van der Waals surface area contributed by atoms with Crippen LogP contribution in [0.15, 0.2) is 48.5 Å². The van der Waals surface area contributed by atoms with E-state index in [2.05, 4.69) is 5.32 Å². The SMILES string of the molecule is CCOc1ccc(CNC(=O)c2ccc(C)cc2)cc1. The Labute approximate surface area is 119 Å². The van der Waals surface area contributed by atoms with Gasteiger partial charge in [0.25, 0.3) is 5.91 Å². The van der Waals surface area contributed by atoms with Gasteiger partial charge in [0, 0.05) is 12.1 Å². The van der Waals surface area contributed by atoms with Crippen molar-refractivity contribution in [2.75, 3.05) is 6.61 Å². The molecule has 0 aliphatic rings. The Bertz CT molecular complexity index is 559. The summed E-state index contributed by atoms with van der Waals surface area (Å²) in [7, 11) is 0. The summed E-state index contributed by atoms with van der Waals surface area (Å²) in [4.78, 5) is 12.0. The number of carbonyl (C=O) groups excluding carboxylic acids is 1. The number of amides is 1. The highest BCUT2D eigenvalue weighted by atomic mass is 16.5. The van der Waals surface area contributed by atoms with Crippen molar-refractivity contribution in [3.8, 4) is 5.75 Å². The van der Waals surface area contributed by atoms with Crippen molar-refractivity contribution < 1.29 is 9.53 Å². The Morgan fingerprint density at radius 1 is 1.05 bits per heavy atom. The monoisotopic (exact) mass is 269 g/mol. The molecule has 0 unspecified atom stereocenters. The molecule has 2 aromatic rings. The fraction of sp³-hybridized carbons (Fsp3) is 0.235. The van der Waals surface area contributed by atoms with Gasteiger partial charge in [-0.25, -0.2) is 0 Å². The van der Waals surface area contributed by atoms with Gasteiger partial charge in [0.05, 0.1) is 6.61 Å². The lowest BCUT2D eigenvalue weighted by Gasteiger charge is -2.07. The van der Waals surface area contributed by atoms with E-state index in [9.17, 15) is 4.79 Å². The van der Waals surface area contributed by atoms with Gasteiger partial charge < -0.3 is 10.1 Å². The lowest BCUT2D eigenvalue weighted by Crippen LogP contribution is -2.22. The number of hydrogen-bond donors (Lipinski definition) is 1. The zero-order chi connectivity index (χ0) is 14.4. The molecule has 0 heterocycles. The molecule has 2 aromatic carbocycles. The number of carbonyl (C=O) groups is 1. The summed E-state index contributed by atoms with van der Waals surface area (Å²) in [6, 6.07) is 15.3. The summed E-state index contributed by atoms with van der Waals surface area (Å²) in [5.41, 5.74) is 2.88. The minimum atomic E-state index is -0.0566. The zero-order valence-electron chi connectivity index (χ0n) is 11.8. The van der Waals surface area contributed by atoms with Crippen LogP contribution in [0.2, 0.25) is 0 Å². The van der Waals surface area contributed by atoms with E-state index in [-0.39, 0.29) is 5.91 Å². The van der Waals surface area contributed by atoms with Crippen molar-refractivity contribution in [3.05, 3.63) is 65.2 Å². The minimum Gasteiger partial charge on any atom is -0.494 e. The molecule has 3 nitrogen and oxygen atoms in total. The molecule has 0 saturated carbocycles. The molecule has 0 spiro atoms. The van der Waals surface area contributed by atoms with E-state index < -0.39 is 0 Å². The highest BCUT2D eigenvalue weighted by Crippen LogP contribution is 2.12. The van der Waals surface area contributed by atoms with Crippen molar-refractivity contribution in [2.24, 2.45) is 0 Å². The number of rotatable bonds is 5. The summed E-state index contributed by atoms with van der Waals surface area (Å²) in [5, 5.41) is 2.91. The maximum Gasteiger partial charge on any atom is 0.251 e. The third kappa shape index (κ3) is 3.85. The number of hydrogen-bond acceptors (Lipinski definition) is 2. The molecule has 3 heteroatoms. The largest absolute Gasteiger partial charge is 0.494 e. The van der Waals surface area contributed by atoms with E-state index >= 15 is 0 Å². The molecule has 2 rings (SSSR count). The van der Waals surface area contributed by atoms with Crippen LogP contribution in [-0.4, -0.2) is 12.5 Å². The van der Waals surface area contributed by atoms with Crippen LogP contribution in [0.25, 0.3) is 0 Å². The number of ether oxygens (including phenoxy) is 1. The van der Waals surface area contributed by atoms with Crippen molar-refractivity contribution in [2.45, 2.75) is 20.4 Å². The highest BCUT2D eigenvalue weighted by Gasteiger charge is 2.04. The molecule has 0 aliphatic carbocycles. The maximum absolute atomic E-state index is 12.0. The second-order valence-corrected chi connectivity index (χ2v) is 4.63. The van der Waals surface area contributed by atoms with Gasteiger partial charge in [-0.2, -0.15) is 0 Å². The lowest BCUT2D eigenvalue weighted by molar-refractivity contribution is 0.0951. The minimum absolute atomic E-state index is 0.0566. The lowest BCUT2D eigenvalue weighted by atomic mass is 10.1. The van der Waals surface area contributed by atoms with Crippen LogP contribution < -0.4 is 10.1 Å². The molecule has 104 valence electrons. The van der Waals surface area contributed by atoms with Gasteiger partial charge in [-0.1, -0.05) is 29.8 Å². The number of benzene rings is 2. The second-order valence-electron chi connectivity index (χ2n) is 4.63. The molecule has 0 bridgehead atoms. The summed E-state index contributed by atoms with van der Waals surface area (Å²) >= 11 is 0. The van der Waals surface area contributed by atoms with Crippen molar-refractivity contribution in [1.29, 1.82) is 0 Å². The van der Waals surface area contributed by atoms with Gasteiger partial charge in [0.1, 0.15) is 5.75 Å². The predicted molar refractivity (Wildman–Crippen MR) is 80.0 cm³/mol. The Balaban J connectivity index is 1.91. The first-order valence-electron chi connectivity index (χ1n) is 6.75. The first-order valence-corrected chi connectivity index (χ1v) is 6.75. The van der Waals surface area contributed by atoms with Crippen molar-refractivity contribution >= 4 is 5.91 Å². The summed E-state index contributed by atoms with van der Waals surface area (Å²) in [6.45, 7) is 5.12. The maximum atomic E-state index is 12.0. The van der Waals surface area contributed by atoms with Gasteiger partial charge in [-0.3, -0.25) is 4.79 Å². The molecule has 20 heavy (non-hydrogen) atoms. The van der Waals surface area contributed by atoms with Crippen LogP contribution in [0.4, 0.5) is 0 Å². The van der Waals surface area contributed by atoms with Crippen LogP contribution in [0, 0.1) is 6.92 Å². The third-order valence-corrected chi connectivity index (χ3v) is 3.00. The molecular weight excluding hydrogens is 250 g/mol. The molecule has 0 radical (unpaired) electrons. The standard InChI is InChI=1S/C17H19NO2/c1-3-20-16-10-6-14(7-11-16)12-18-17(19)15-8-4-13(2)5-9-15/h4-11H,3,12H2,1-2H3,(H,18,19). The molecule has 0 fully saturated rings. The molecule has 0 saturated heterocycles. The topological polar surface area (TPSA) is 38.3 Å². The molecule has 0 atom stereocenters. The fourth-order valence-corrected chi connectivity index (χ4v) is 1.86. The smallest absolute Gasteiger partial charge is 0.251 e. The van der Waals surface area contributed by atoms with E-state index in [0.29, 0.717) is 18.7 Å². The number of aryl methyl sites for hydroxylation is 1. The van der Waals surface area contributed by atoms with Crippen LogP contribution in [-0.2, 0) is 6.54 Å². The van der Waals surface area contributed by atoms with Gasteiger partial charge in [0.2, 0.25) is 0 Å². The molecule has 0 aromatic heterocycles. The average molecular weight is 269 g/mol. The van der Waals surface area contributed by atoms with Crippen molar-refractivity contribution in [3.63, 3.8) is 0 Å². The Hall–Kier alpha value is -2.29. The van der Waals surface area contributed by atoms with E-state index in [1.807, 2.05) is 62.4 Å². The first kappa shape index (κ1) is 14.1. The summed E-state index contributed by atoms with van der Waals surface area (Å²) in [5.74, 6) is 0.792. The van der Waals surface area contributed by atoms with E-state index in [0.717, 1.165) is 16.9 Å². The first-order chi connectivity index (χ1) is 9.69. The van der Waals surface area contributed by atoms with Crippen LogP contribution >= 0.6 is 0 Å². The quantitative estimate of drug-likeness (QED) is 0.904. The summed E-state index contributed by atoms with van der Waals surface area (Å²) < 4.78 is 5.38. The Morgan fingerprint density at radius 3 is 2.30 bits per heavy atom. The normalized spacial score (nSPS) is 10.1. The van der Waals surface area contributed by atoms with Gasteiger partial charge in [-0.05, 0) is 43.7 Å². The van der Waals surface area contributed by atoms with Crippen molar-refractivity contribution in [1.82, 2.24) is 5.32 Å². The fourth-order valence-electron chi connectivity index (χ4n) is 1.86. The number of nitrogens with one attached hydrogen (secondary N) is 1. The molecule has 1 N–H and O–H groups in total. The predicted octanol–water partition coefficient (Wildman–Crippen LogP) is 3.32. The Morgan fingerprint density at radius 2 is 1.70 bits per heavy atom. The van der Waals surface area contributed by atoms with Gasteiger partial charge in [-0.15, -0.1) is 0 Å². The summed E-state index contributed by atoms with van der Waals surface area (Å²) in [6.07, 6.45) is 0. The van der Waals surface area contributed by atoms with Gasteiger partial charge in [0.15, 0.2) is 0 Å². The second kappa shape index (κ2) is 6.75. The van der Waals surface area contributed by atoms with Crippen LogP contribution in [0.5, 0.6) is 5.75 Å². The van der Waals surface area contributed by atoms with E-state index in [1.165, 1.54) is 0 Å². The van der Waals surface area contributed by atoms with Gasteiger partial charge >= 0.3 is 0 Å². The molecule has 0 aliphatic heterocycles. The van der Waals surface area contributed by atoms with Crippen LogP contribution in [0.1, 0.15) is 28.4 Å².